The predicted molar refractivity (Wildman–Crippen MR) is 113 cm³/mol. The summed E-state index contributed by atoms with van der Waals surface area (Å²) in [5.41, 5.74) is -4.36. The summed E-state index contributed by atoms with van der Waals surface area (Å²) in [6, 6.07) is 11.7. The van der Waals surface area contributed by atoms with E-state index in [1.807, 2.05) is 0 Å². The number of halogens is 7. The molecule has 0 heterocycles. The van der Waals surface area contributed by atoms with Gasteiger partial charge >= 0.3 is 6.18 Å². The summed E-state index contributed by atoms with van der Waals surface area (Å²) < 4.78 is 95.0. The lowest BCUT2D eigenvalue weighted by atomic mass is 10.0. The topological polar surface area (TPSA) is 75.3 Å². The number of amides is 2. The molecule has 3 aromatic rings. The highest BCUT2D eigenvalue weighted by Gasteiger charge is 2.42. The average Bonchev–Trinajstić information content (AvgIpc) is 2.84. The molecule has 0 spiro atoms. The summed E-state index contributed by atoms with van der Waals surface area (Å²) in [6.07, 6.45) is -5.68. The van der Waals surface area contributed by atoms with Crippen LogP contribution in [0.1, 0.15) is 31.8 Å². The van der Waals surface area contributed by atoms with Crippen LogP contribution in [0.3, 0.4) is 0 Å². The van der Waals surface area contributed by atoms with Crippen LogP contribution in [0.2, 0.25) is 0 Å². The lowest BCUT2D eigenvalue weighted by Gasteiger charge is -2.20. The minimum Gasteiger partial charge on any atom is -0.340 e. The third-order valence-electron chi connectivity index (χ3n) is 5.03. The fourth-order valence-electron chi connectivity index (χ4n) is 3.30. The van der Waals surface area contributed by atoms with Crippen LogP contribution in [0.4, 0.5) is 36.4 Å². The molecule has 5 nitrogen and oxygen atoms in total. The molecule has 36 heavy (non-hydrogen) atoms. The zero-order valence-electron chi connectivity index (χ0n) is 17.9. The number of rotatable bonds is 7. The van der Waals surface area contributed by atoms with Gasteiger partial charge in [-0.05, 0) is 11.6 Å². The molecule has 0 unspecified atom stereocenters. The quantitative estimate of drug-likeness (QED) is 0.264. The number of aldehydes is 1. The Morgan fingerprint density at radius 2 is 1.39 bits per heavy atom. The van der Waals surface area contributed by atoms with Crippen molar-refractivity contribution in [3.05, 3.63) is 100 Å². The maximum absolute atomic E-state index is 14.3. The van der Waals surface area contributed by atoms with E-state index in [1.54, 1.807) is 18.2 Å². The first-order chi connectivity index (χ1) is 17.0. The Kier molecular flexibility index (Phi) is 7.76. The smallest absolute Gasteiger partial charge is 0.340 e. The largest absolute Gasteiger partial charge is 0.422 e. The minimum atomic E-state index is -5.76. The van der Waals surface area contributed by atoms with E-state index >= 15 is 0 Å². The lowest BCUT2D eigenvalue weighted by Crippen LogP contribution is -2.45. The van der Waals surface area contributed by atoms with Crippen LogP contribution >= 0.6 is 0 Å². The molecule has 2 amide bonds. The zero-order chi connectivity index (χ0) is 26.6. The molecule has 0 bridgehead atoms. The molecule has 1 atom stereocenters. The van der Waals surface area contributed by atoms with Crippen molar-refractivity contribution < 1.29 is 45.1 Å². The molecule has 12 heteroatoms. The number of anilines is 1. The number of carbonyl (C=O) groups is 3. The van der Waals surface area contributed by atoms with E-state index in [-0.39, 0.29) is 17.5 Å². The van der Waals surface area contributed by atoms with Gasteiger partial charge in [-0.25, -0.2) is 17.6 Å². The Morgan fingerprint density at radius 1 is 0.833 bits per heavy atom. The van der Waals surface area contributed by atoms with Crippen molar-refractivity contribution >= 4 is 23.8 Å². The van der Waals surface area contributed by atoms with Gasteiger partial charge in [-0.3, -0.25) is 14.4 Å². The molecule has 0 aliphatic heterocycles. The predicted octanol–water partition coefficient (Wildman–Crippen LogP) is 5.05. The van der Waals surface area contributed by atoms with Crippen molar-refractivity contribution in [3.8, 4) is 0 Å². The van der Waals surface area contributed by atoms with E-state index in [4.69, 9.17) is 0 Å². The Morgan fingerprint density at radius 3 is 1.94 bits per heavy atom. The molecular weight excluding hydrogens is 497 g/mol. The van der Waals surface area contributed by atoms with Crippen molar-refractivity contribution in [2.75, 3.05) is 5.32 Å². The fraction of sp³-hybridized carbons (Fsp3) is 0.125. The Labute approximate surface area is 198 Å². The van der Waals surface area contributed by atoms with Crippen molar-refractivity contribution in [2.24, 2.45) is 0 Å². The second-order valence-electron chi connectivity index (χ2n) is 7.41. The van der Waals surface area contributed by atoms with Gasteiger partial charge in [-0.1, -0.05) is 48.5 Å². The molecule has 3 rings (SSSR count). The number of benzene rings is 3. The third-order valence-corrected chi connectivity index (χ3v) is 5.03. The number of nitrogens with one attached hydrogen (secondary N) is 2. The van der Waals surface area contributed by atoms with Crippen molar-refractivity contribution in [3.63, 3.8) is 0 Å². The molecule has 0 aliphatic carbocycles. The van der Waals surface area contributed by atoms with Crippen LogP contribution in [0.5, 0.6) is 0 Å². The molecule has 0 saturated heterocycles. The van der Waals surface area contributed by atoms with E-state index in [1.165, 1.54) is 41.7 Å². The first kappa shape index (κ1) is 26.4. The second kappa shape index (κ2) is 10.6. The van der Waals surface area contributed by atoms with Crippen LogP contribution in [0, 0.1) is 23.3 Å². The average molecular weight is 512 g/mol. The monoisotopic (exact) mass is 512 g/mol. The van der Waals surface area contributed by atoms with E-state index < -0.39 is 58.6 Å². The van der Waals surface area contributed by atoms with Crippen LogP contribution in [0.15, 0.2) is 54.6 Å². The van der Waals surface area contributed by atoms with Gasteiger partial charge in [0.05, 0.1) is 0 Å². The van der Waals surface area contributed by atoms with E-state index in [2.05, 4.69) is 5.32 Å². The highest BCUT2D eigenvalue weighted by Crippen LogP contribution is 2.38. The highest BCUT2D eigenvalue weighted by molar-refractivity contribution is 6.04. The summed E-state index contributed by atoms with van der Waals surface area (Å²) in [4.78, 5) is 36.8. The lowest BCUT2D eigenvalue weighted by molar-refractivity contribution is -0.143. The molecule has 2 N–H and O–H groups in total. The van der Waals surface area contributed by atoms with E-state index in [0.717, 1.165) is 0 Å². The molecule has 0 radical (unpaired) electrons. The van der Waals surface area contributed by atoms with Gasteiger partial charge in [0.15, 0.2) is 29.6 Å². The standard InChI is InChI=1S/C24H15F7N2O3/c25-17-16(24(29,30)31)18(26)20(28)21(19(17)27)33-23(36)15(10-12-6-2-1-3-7-12)32-22(35)14-9-5-4-8-13(14)11-34/h1-9,11,15H,10H2,(H,32,35)(H,33,36)/t15-/m0/s1. The molecule has 0 fully saturated rings. The van der Waals surface area contributed by atoms with Crippen molar-refractivity contribution in [1.82, 2.24) is 5.32 Å². The Hall–Kier alpha value is -4.22. The second-order valence-corrected chi connectivity index (χ2v) is 7.41. The molecular formula is C24H15F7N2O3. The van der Waals surface area contributed by atoms with Crippen molar-refractivity contribution in [2.45, 2.75) is 18.6 Å². The molecule has 188 valence electrons. The molecule has 0 aromatic heterocycles. The Bertz CT molecular complexity index is 1280. The van der Waals surface area contributed by atoms with Gasteiger partial charge in [0.2, 0.25) is 5.91 Å². The van der Waals surface area contributed by atoms with Gasteiger partial charge in [-0.15, -0.1) is 0 Å². The molecule has 0 saturated carbocycles. The summed E-state index contributed by atoms with van der Waals surface area (Å²) in [7, 11) is 0. The third kappa shape index (κ3) is 5.53. The minimum absolute atomic E-state index is 0.0437. The normalized spacial score (nSPS) is 12.1. The van der Waals surface area contributed by atoms with Crippen LogP contribution in [0.25, 0.3) is 0 Å². The van der Waals surface area contributed by atoms with Crippen LogP contribution in [-0.2, 0) is 17.4 Å². The molecule has 0 aliphatic rings. The number of hydrogen-bond donors (Lipinski definition) is 2. The zero-order valence-corrected chi connectivity index (χ0v) is 17.9. The first-order valence-electron chi connectivity index (χ1n) is 10.1. The van der Waals surface area contributed by atoms with Gasteiger partial charge < -0.3 is 10.6 Å². The maximum atomic E-state index is 14.3. The van der Waals surface area contributed by atoms with Crippen molar-refractivity contribution in [1.29, 1.82) is 0 Å². The number of alkyl halides is 3. The summed E-state index contributed by atoms with van der Waals surface area (Å²) in [6.45, 7) is 0. The summed E-state index contributed by atoms with van der Waals surface area (Å²) in [5.74, 6) is -12.8. The van der Waals surface area contributed by atoms with E-state index in [9.17, 15) is 45.1 Å². The summed E-state index contributed by atoms with van der Waals surface area (Å²) >= 11 is 0. The van der Waals surface area contributed by atoms with Gasteiger partial charge in [0.1, 0.15) is 17.3 Å². The van der Waals surface area contributed by atoms with Gasteiger partial charge in [0.25, 0.3) is 5.91 Å². The van der Waals surface area contributed by atoms with Gasteiger partial charge in [-0.2, -0.15) is 13.2 Å². The molecule has 3 aromatic carbocycles. The highest BCUT2D eigenvalue weighted by atomic mass is 19.4. The first-order valence-corrected chi connectivity index (χ1v) is 10.1. The van der Waals surface area contributed by atoms with Crippen LogP contribution in [-0.4, -0.2) is 24.1 Å². The number of carbonyl (C=O) groups excluding carboxylic acids is 3. The maximum Gasteiger partial charge on any atom is 0.422 e. The fourth-order valence-corrected chi connectivity index (χ4v) is 3.30. The Balaban J connectivity index is 1.98. The summed E-state index contributed by atoms with van der Waals surface area (Å²) in [5, 5.41) is 3.78. The van der Waals surface area contributed by atoms with E-state index in [0.29, 0.717) is 11.8 Å². The van der Waals surface area contributed by atoms with Gasteiger partial charge in [0, 0.05) is 17.5 Å². The number of hydrogen-bond acceptors (Lipinski definition) is 3. The van der Waals surface area contributed by atoms with Crippen LogP contribution < -0.4 is 10.6 Å². The SMILES string of the molecule is O=Cc1ccccc1C(=O)N[C@@H](Cc1ccccc1)C(=O)Nc1c(F)c(F)c(C(F)(F)F)c(F)c1F.